The van der Waals surface area contributed by atoms with E-state index in [-0.39, 0.29) is 12.1 Å². The van der Waals surface area contributed by atoms with E-state index in [1.165, 1.54) is 0 Å². The number of nitrogen functional groups attached to an aromatic ring is 1. The Morgan fingerprint density at radius 2 is 2.24 bits per heavy atom. The second kappa shape index (κ2) is 6.61. The maximum absolute atomic E-state index is 11.8. The lowest BCUT2D eigenvalue weighted by Gasteiger charge is -2.13. The van der Waals surface area contributed by atoms with E-state index in [9.17, 15) is 4.79 Å². The number of methoxy groups -OCH3 is 1. The molecule has 1 aromatic carbocycles. The molecule has 5 heteroatoms. The minimum Gasteiger partial charge on any atom is -0.459 e. The Kier molecular flexibility index (Phi) is 5.44. The van der Waals surface area contributed by atoms with Crippen LogP contribution >= 0.6 is 15.9 Å². The summed E-state index contributed by atoms with van der Waals surface area (Å²) in [6.45, 7) is 2.39. The monoisotopic (exact) mass is 301 g/mol. The topological polar surface area (TPSA) is 61.5 Å². The Morgan fingerprint density at radius 3 is 2.88 bits per heavy atom. The van der Waals surface area contributed by atoms with Gasteiger partial charge in [0, 0.05) is 30.3 Å². The van der Waals surface area contributed by atoms with Crippen molar-refractivity contribution in [2.24, 2.45) is 0 Å². The van der Waals surface area contributed by atoms with Crippen molar-refractivity contribution in [2.75, 3.05) is 19.5 Å². The zero-order valence-electron chi connectivity index (χ0n) is 9.90. The quantitative estimate of drug-likeness (QED) is 0.671. The number of benzene rings is 1. The summed E-state index contributed by atoms with van der Waals surface area (Å²) in [4.78, 5) is 11.8. The highest BCUT2D eigenvalue weighted by atomic mass is 79.9. The van der Waals surface area contributed by atoms with E-state index < -0.39 is 0 Å². The molecule has 0 heterocycles. The summed E-state index contributed by atoms with van der Waals surface area (Å²) in [6.07, 6.45) is 0.484. The molecule has 0 aliphatic rings. The van der Waals surface area contributed by atoms with Gasteiger partial charge in [-0.25, -0.2) is 4.79 Å². The van der Waals surface area contributed by atoms with Crippen LogP contribution in [0.3, 0.4) is 0 Å². The van der Waals surface area contributed by atoms with Crippen LogP contribution in [0.25, 0.3) is 0 Å². The minimum atomic E-state index is -0.382. The maximum atomic E-state index is 11.8. The molecule has 94 valence electrons. The third-order valence-electron chi connectivity index (χ3n) is 2.25. The Bertz CT molecular complexity index is 395. The van der Waals surface area contributed by atoms with Crippen LogP contribution in [0, 0.1) is 0 Å². The molecule has 0 spiro atoms. The second-order valence-electron chi connectivity index (χ2n) is 3.74. The molecule has 0 saturated heterocycles. The van der Waals surface area contributed by atoms with E-state index in [4.69, 9.17) is 15.2 Å². The number of hydrogen-bond donors (Lipinski definition) is 1. The van der Waals surface area contributed by atoms with Crippen molar-refractivity contribution < 1.29 is 14.3 Å². The Labute approximate surface area is 109 Å². The highest BCUT2D eigenvalue weighted by Gasteiger charge is 2.15. The number of carbonyl (C=O) groups is 1. The lowest BCUT2D eigenvalue weighted by molar-refractivity contribution is 0.0266. The fourth-order valence-electron chi connectivity index (χ4n) is 1.29. The van der Waals surface area contributed by atoms with Gasteiger partial charge in [0.25, 0.3) is 0 Å². The van der Waals surface area contributed by atoms with Crippen LogP contribution < -0.4 is 5.73 Å². The van der Waals surface area contributed by atoms with Gasteiger partial charge in [-0.2, -0.15) is 0 Å². The van der Waals surface area contributed by atoms with Crippen molar-refractivity contribution in [3.8, 4) is 0 Å². The molecule has 17 heavy (non-hydrogen) atoms. The first-order valence-electron chi connectivity index (χ1n) is 5.29. The van der Waals surface area contributed by atoms with Gasteiger partial charge in [0.2, 0.25) is 0 Å². The molecule has 0 fully saturated rings. The molecular weight excluding hydrogens is 286 g/mol. The molecule has 0 aliphatic heterocycles. The SMILES string of the molecule is COCCC(C)OC(=O)c1cc(N)ccc1Br. The number of nitrogens with two attached hydrogens (primary N) is 1. The van der Waals surface area contributed by atoms with Gasteiger partial charge in [0.05, 0.1) is 5.56 Å². The molecule has 0 bridgehead atoms. The lowest BCUT2D eigenvalue weighted by atomic mass is 10.2. The number of rotatable bonds is 5. The van der Waals surface area contributed by atoms with Crippen LogP contribution in [-0.2, 0) is 9.47 Å². The smallest absolute Gasteiger partial charge is 0.339 e. The van der Waals surface area contributed by atoms with Crippen molar-refractivity contribution in [3.05, 3.63) is 28.2 Å². The lowest BCUT2D eigenvalue weighted by Crippen LogP contribution is -2.17. The highest BCUT2D eigenvalue weighted by Crippen LogP contribution is 2.21. The molecule has 1 aromatic rings. The predicted octanol–water partition coefficient (Wildman–Crippen LogP) is 2.61. The number of halogens is 1. The van der Waals surface area contributed by atoms with Gasteiger partial charge < -0.3 is 15.2 Å². The molecule has 1 atom stereocenters. The van der Waals surface area contributed by atoms with Crippen LogP contribution in [-0.4, -0.2) is 25.8 Å². The number of hydrogen-bond acceptors (Lipinski definition) is 4. The zero-order valence-corrected chi connectivity index (χ0v) is 11.5. The van der Waals surface area contributed by atoms with Crippen molar-refractivity contribution in [2.45, 2.75) is 19.4 Å². The Morgan fingerprint density at radius 1 is 1.53 bits per heavy atom. The van der Waals surface area contributed by atoms with Crippen LogP contribution in [0.2, 0.25) is 0 Å². The van der Waals surface area contributed by atoms with Gasteiger partial charge >= 0.3 is 5.97 Å². The van der Waals surface area contributed by atoms with Gasteiger partial charge in [0.1, 0.15) is 6.10 Å². The molecular formula is C12H16BrNO3. The van der Waals surface area contributed by atoms with Crippen molar-refractivity contribution in [3.63, 3.8) is 0 Å². The van der Waals surface area contributed by atoms with Crippen molar-refractivity contribution in [1.29, 1.82) is 0 Å². The van der Waals surface area contributed by atoms with Gasteiger partial charge in [-0.05, 0) is 41.1 Å². The van der Waals surface area contributed by atoms with E-state index in [1.807, 2.05) is 6.92 Å². The minimum absolute atomic E-state index is 0.184. The zero-order chi connectivity index (χ0) is 12.8. The van der Waals surface area contributed by atoms with E-state index in [2.05, 4.69) is 15.9 Å². The van der Waals surface area contributed by atoms with E-state index in [0.29, 0.717) is 28.8 Å². The summed E-state index contributed by atoms with van der Waals surface area (Å²) in [5.41, 5.74) is 6.60. The average Bonchev–Trinajstić information content (AvgIpc) is 2.29. The third-order valence-corrected chi connectivity index (χ3v) is 2.94. The second-order valence-corrected chi connectivity index (χ2v) is 4.59. The summed E-state index contributed by atoms with van der Waals surface area (Å²) >= 11 is 3.29. The molecule has 0 radical (unpaired) electrons. The number of carbonyl (C=O) groups excluding carboxylic acids is 1. The maximum Gasteiger partial charge on any atom is 0.339 e. The standard InChI is InChI=1S/C12H16BrNO3/c1-8(5-6-16-2)17-12(15)10-7-9(14)3-4-11(10)13/h3-4,7-8H,5-6,14H2,1-2H3. The molecule has 0 aromatic heterocycles. The summed E-state index contributed by atoms with van der Waals surface area (Å²) in [7, 11) is 1.61. The Hall–Kier alpha value is -1.07. The Balaban J connectivity index is 2.66. The predicted molar refractivity (Wildman–Crippen MR) is 69.9 cm³/mol. The summed E-state index contributed by atoms with van der Waals surface area (Å²) in [5.74, 6) is -0.382. The highest BCUT2D eigenvalue weighted by molar-refractivity contribution is 9.10. The average molecular weight is 302 g/mol. The van der Waals surface area contributed by atoms with E-state index in [0.717, 1.165) is 0 Å². The van der Waals surface area contributed by atoms with Gasteiger partial charge in [-0.1, -0.05) is 0 Å². The molecule has 0 amide bonds. The third kappa shape index (κ3) is 4.36. The van der Waals surface area contributed by atoms with Crippen LogP contribution in [0.4, 0.5) is 5.69 Å². The van der Waals surface area contributed by atoms with E-state index >= 15 is 0 Å². The van der Waals surface area contributed by atoms with Gasteiger partial charge in [0.15, 0.2) is 0 Å². The van der Waals surface area contributed by atoms with Crippen molar-refractivity contribution in [1.82, 2.24) is 0 Å². The summed E-state index contributed by atoms with van der Waals surface area (Å²) in [6, 6.07) is 5.04. The molecule has 2 N–H and O–H groups in total. The molecule has 4 nitrogen and oxygen atoms in total. The van der Waals surface area contributed by atoms with Crippen molar-refractivity contribution >= 4 is 27.6 Å². The van der Waals surface area contributed by atoms with Crippen LogP contribution in [0.5, 0.6) is 0 Å². The van der Waals surface area contributed by atoms with Crippen LogP contribution in [0.1, 0.15) is 23.7 Å². The molecule has 1 unspecified atom stereocenters. The first kappa shape index (κ1) is 14.0. The fourth-order valence-corrected chi connectivity index (χ4v) is 1.70. The molecule has 0 saturated carbocycles. The number of anilines is 1. The van der Waals surface area contributed by atoms with Gasteiger partial charge in [-0.15, -0.1) is 0 Å². The largest absolute Gasteiger partial charge is 0.459 e. The van der Waals surface area contributed by atoms with E-state index in [1.54, 1.807) is 25.3 Å². The normalized spacial score (nSPS) is 12.2. The number of ether oxygens (including phenoxy) is 2. The summed E-state index contributed by atoms with van der Waals surface area (Å²) in [5, 5.41) is 0. The van der Waals surface area contributed by atoms with Crippen LogP contribution in [0.15, 0.2) is 22.7 Å². The fraction of sp³-hybridized carbons (Fsp3) is 0.417. The first-order valence-corrected chi connectivity index (χ1v) is 6.09. The first-order chi connectivity index (χ1) is 8.04. The molecule has 1 rings (SSSR count). The summed E-state index contributed by atoms with van der Waals surface area (Å²) < 4.78 is 10.9. The molecule has 0 aliphatic carbocycles. The number of esters is 1. The van der Waals surface area contributed by atoms with Gasteiger partial charge in [-0.3, -0.25) is 0 Å².